The zero-order chi connectivity index (χ0) is 12.5. The standard InChI is InChI=1S/C13H22N2OS/c1-12(6-2-3-7-12)15-11(16)13(10(14)17)8-4-5-9-13/h2-9H2,1H3,(H2,14,17)(H,15,16). The Bertz CT molecular complexity index is 328. The van der Waals surface area contributed by atoms with Gasteiger partial charge in [-0.05, 0) is 32.6 Å². The number of carbonyl (C=O) groups is 1. The maximum Gasteiger partial charge on any atom is 0.233 e. The number of carbonyl (C=O) groups excluding carboxylic acids is 1. The number of hydrogen-bond donors (Lipinski definition) is 2. The number of thiocarbonyl (C=S) groups is 1. The predicted octanol–water partition coefficient (Wildman–Crippen LogP) is 2.28. The van der Waals surface area contributed by atoms with E-state index >= 15 is 0 Å². The summed E-state index contributed by atoms with van der Waals surface area (Å²) in [5.74, 6) is 0.0758. The largest absolute Gasteiger partial charge is 0.392 e. The van der Waals surface area contributed by atoms with E-state index in [4.69, 9.17) is 18.0 Å². The van der Waals surface area contributed by atoms with Gasteiger partial charge < -0.3 is 11.1 Å². The van der Waals surface area contributed by atoms with Crippen molar-refractivity contribution in [3.05, 3.63) is 0 Å². The Hall–Kier alpha value is -0.640. The van der Waals surface area contributed by atoms with Crippen molar-refractivity contribution in [3.8, 4) is 0 Å². The maximum absolute atomic E-state index is 12.5. The van der Waals surface area contributed by atoms with Crippen LogP contribution in [0.5, 0.6) is 0 Å². The molecule has 0 atom stereocenters. The molecule has 4 heteroatoms. The molecule has 2 aliphatic carbocycles. The number of amides is 1. The highest BCUT2D eigenvalue weighted by molar-refractivity contribution is 7.80. The molecule has 0 aromatic rings. The summed E-state index contributed by atoms with van der Waals surface area (Å²) in [5.41, 5.74) is 5.24. The van der Waals surface area contributed by atoms with E-state index in [0.29, 0.717) is 4.99 Å². The van der Waals surface area contributed by atoms with Crippen LogP contribution in [0.3, 0.4) is 0 Å². The van der Waals surface area contributed by atoms with Gasteiger partial charge in [0.1, 0.15) is 0 Å². The third-order valence-electron chi connectivity index (χ3n) is 4.49. The normalized spacial score (nSPS) is 25.7. The molecule has 2 aliphatic rings. The fourth-order valence-electron chi connectivity index (χ4n) is 3.24. The number of nitrogens with one attached hydrogen (secondary N) is 1. The fraction of sp³-hybridized carbons (Fsp3) is 0.846. The van der Waals surface area contributed by atoms with Gasteiger partial charge in [-0.3, -0.25) is 4.79 Å². The zero-order valence-corrected chi connectivity index (χ0v) is 11.4. The summed E-state index contributed by atoms with van der Waals surface area (Å²) in [5, 5.41) is 3.21. The topological polar surface area (TPSA) is 55.1 Å². The summed E-state index contributed by atoms with van der Waals surface area (Å²) in [6.07, 6.45) is 8.32. The van der Waals surface area contributed by atoms with E-state index < -0.39 is 5.41 Å². The molecule has 0 radical (unpaired) electrons. The molecule has 0 heterocycles. The molecule has 0 aromatic carbocycles. The summed E-state index contributed by atoms with van der Waals surface area (Å²) >= 11 is 5.14. The summed E-state index contributed by atoms with van der Waals surface area (Å²) in [6, 6.07) is 0. The van der Waals surface area contributed by atoms with E-state index in [1.807, 2.05) is 0 Å². The molecule has 3 nitrogen and oxygen atoms in total. The molecule has 17 heavy (non-hydrogen) atoms. The van der Waals surface area contributed by atoms with Crippen molar-refractivity contribution in [3.63, 3.8) is 0 Å². The van der Waals surface area contributed by atoms with Crippen molar-refractivity contribution in [1.29, 1.82) is 0 Å². The SMILES string of the molecule is CC1(NC(=O)C2(C(N)=S)CCCC2)CCCC1. The molecule has 0 spiro atoms. The van der Waals surface area contributed by atoms with Crippen LogP contribution in [0, 0.1) is 5.41 Å². The number of rotatable bonds is 3. The summed E-state index contributed by atoms with van der Waals surface area (Å²) in [4.78, 5) is 12.9. The van der Waals surface area contributed by atoms with Crippen LogP contribution in [0.1, 0.15) is 58.3 Å². The van der Waals surface area contributed by atoms with Crippen LogP contribution < -0.4 is 11.1 Å². The number of hydrogen-bond acceptors (Lipinski definition) is 2. The Morgan fingerprint density at radius 1 is 1.12 bits per heavy atom. The van der Waals surface area contributed by atoms with Gasteiger partial charge in [-0.2, -0.15) is 0 Å². The van der Waals surface area contributed by atoms with Gasteiger partial charge in [0.25, 0.3) is 0 Å². The van der Waals surface area contributed by atoms with Crippen LogP contribution in [-0.4, -0.2) is 16.4 Å². The Morgan fingerprint density at radius 3 is 2.06 bits per heavy atom. The minimum absolute atomic E-state index is 0.0303. The second-order valence-electron chi connectivity index (χ2n) is 5.88. The molecule has 0 unspecified atom stereocenters. The molecule has 2 saturated carbocycles. The van der Waals surface area contributed by atoms with Gasteiger partial charge in [0.05, 0.1) is 10.4 Å². The van der Waals surface area contributed by atoms with Crippen LogP contribution >= 0.6 is 12.2 Å². The predicted molar refractivity (Wildman–Crippen MR) is 72.7 cm³/mol. The van der Waals surface area contributed by atoms with E-state index in [2.05, 4.69) is 12.2 Å². The molecule has 2 rings (SSSR count). The minimum atomic E-state index is -0.555. The highest BCUT2D eigenvalue weighted by atomic mass is 32.1. The third-order valence-corrected chi connectivity index (χ3v) is 4.88. The van der Waals surface area contributed by atoms with Crippen LogP contribution in [0.15, 0.2) is 0 Å². The smallest absolute Gasteiger partial charge is 0.233 e. The monoisotopic (exact) mass is 254 g/mol. The molecule has 96 valence electrons. The minimum Gasteiger partial charge on any atom is -0.392 e. The van der Waals surface area contributed by atoms with E-state index in [-0.39, 0.29) is 11.4 Å². The van der Waals surface area contributed by atoms with Crippen molar-refractivity contribution in [2.24, 2.45) is 11.1 Å². The summed E-state index contributed by atoms with van der Waals surface area (Å²) in [6.45, 7) is 2.14. The lowest BCUT2D eigenvalue weighted by Gasteiger charge is -2.33. The van der Waals surface area contributed by atoms with E-state index in [1.54, 1.807) is 0 Å². The Balaban J connectivity index is 2.10. The Morgan fingerprint density at radius 2 is 1.59 bits per heavy atom. The summed E-state index contributed by atoms with van der Waals surface area (Å²) < 4.78 is 0. The molecular formula is C13H22N2OS. The lowest BCUT2D eigenvalue weighted by atomic mass is 9.83. The van der Waals surface area contributed by atoms with E-state index in [1.165, 1.54) is 12.8 Å². The van der Waals surface area contributed by atoms with Gasteiger partial charge in [-0.1, -0.05) is 37.9 Å². The number of nitrogens with two attached hydrogens (primary N) is 1. The zero-order valence-electron chi connectivity index (χ0n) is 10.6. The van der Waals surface area contributed by atoms with Crippen molar-refractivity contribution in [1.82, 2.24) is 5.32 Å². The molecular weight excluding hydrogens is 232 g/mol. The Labute approximate surface area is 109 Å². The first-order valence-electron chi connectivity index (χ1n) is 6.61. The molecule has 0 aliphatic heterocycles. The fourth-order valence-corrected chi connectivity index (χ4v) is 3.53. The molecule has 0 bridgehead atoms. The van der Waals surface area contributed by atoms with Crippen LogP contribution in [0.4, 0.5) is 0 Å². The molecule has 0 aromatic heterocycles. The van der Waals surface area contributed by atoms with E-state index in [0.717, 1.165) is 38.5 Å². The van der Waals surface area contributed by atoms with Crippen molar-refractivity contribution >= 4 is 23.1 Å². The van der Waals surface area contributed by atoms with Crippen molar-refractivity contribution in [2.75, 3.05) is 0 Å². The van der Waals surface area contributed by atoms with Gasteiger partial charge in [0, 0.05) is 5.54 Å². The van der Waals surface area contributed by atoms with E-state index in [9.17, 15) is 4.79 Å². The molecule has 0 saturated heterocycles. The quantitative estimate of drug-likeness (QED) is 0.760. The van der Waals surface area contributed by atoms with Gasteiger partial charge in [0.15, 0.2) is 0 Å². The molecule has 1 amide bonds. The lowest BCUT2D eigenvalue weighted by Crippen LogP contribution is -2.54. The van der Waals surface area contributed by atoms with Gasteiger partial charge in [0.2, 0.25) is 5.91 Å². The Kier molecular flexibility index (Phi) is 3.43. The first-order valence-corrected chi connectivity index (χ1v) is 7.02. The van der Waals surface area contributed by atoms with Crippen molar-refractivity contribution < 1.29 is 4.79 Å². The lowest BCUT2D eigenvalue weighted by molar-refractivity contribution is -0.129. The first-order chi connectivity index (χ1) is 7.99. The highest BCUT2D eigenvalue weighted by Crippen LogP contribution is 2.40. The van der Waals surface area contributed by atoms with Gasteiger partial charge in [-0.25, -0.2) is 0 Å². The average molecular weight is 254 g/mol. The summed E-state index contributed by atoms with van der Waals surface area (Å²) in [7, 11) is 0. The first kappa shape index (κ1) is 12.8. The molecule has 3 N–H and O–H groups in total. The van der Waals surface area contributed by atoms with Crippen LogP contribution in [0.2, 0.25) is 0 Å². The van der Waals surface area contributed by atoms with Gasteiger partial charge >= 0.3 is 0 Å². The van der Waals surface area contributed by atoms with Crippen LogP contribution in [-0.2, 0) is 4.79 Å². The van der Waals surface area contributed by atoms with Crippen molar-refractivity contribution in [2.45, 2.75) is 63.8 Å². The second kappa shape index (κ2) is 4.56. The molecule has 2 fully saturated rings. The van der Waals surface area contributed by atoms with Gasteiger partial charge in [-0.15, -0.1) is 0 Å². The maximum atomic E-state index is 12.5. The third kappa shape index (κ3) is 2.32. The second-order valence-corrected chi connectivity index (χ2v) is 6.32. The average Bonchev–Trinajstić information content (AvgIpc) is 2.86. The highest BCUT2D eigenvalue weighted by Gasteiger charge is 2.46. The van der Waals surface area contributed by atoms with Crippen LogP contribution in [0.25, 0.3) is 0 Å².